The van der Waals surface area contributed by atoms with Gasteiger partial charge in [0.1, 0.15) is 13.2 Å². The fourth-order valence-corrected chi connectivity index (χ4v) is 4.29. The third kappa shape index (κ3) is 14.0. The van der Waals surface area contributed by atoms with Gasteiger partial charge < -0.3 is 42.6 Å². The highest BCUT2D eigenvalue weighted by Gasteiger charge is 2.36. The molecule has 0 fully saturated rings. The molecule has 1 atom stereocenters. The van der Waals surface area contributed by atoms with E-state index in [2.05, 4.69) is 11.9 Å². The number of hydrogen-bond acceptors (Lipinski definition) is 10. The van der Waals surface area contributed by atoms with Crippen LogP contribution in [0.25, 0.3) is 0 Å². The molecule has 0 bridgehead atoms. The van der Waals surface area contributed by atoms with Crippen molar-refractivity contribution in [1.82, 2.24) is 5.32 Å². The highest BCUT2D eigenvalue weighted by molar-refractivity contribution is 7.51. The predicted octanol–water partition coefficient (Wildman–Crippen LogP) is 0.190. The van der Waals surface area contributed by atoms with Crippen LogP contribution in [0.3, 0.4) is 0 Å². The Labute approximate surface area is 181 Å². The third-order valence-electron chi connectivity index (χ3n) is 3.75. The molecule has 0 aromatic carbocycles. The lowest BCUT2D eigenvalue weighted by Crippen LogP contribution is -2.43. The standard InChI is InChI=1S/C16H30NO12PSi/c1-5-14(18)27-11-13(12-28-15(19)7-9-30(21,22)23)29-16(20)17-8-6-10-31(24-2,25-3)26-4/h5,13H,1,6-12H2,2-4H3,(H,17,20)(H2,21,22,23). The zero-order chi connectivity index (χ0) is 23.9. The van der Waals surface area contributed by atoms with Crippen molar-refractivity contribution in [3.05, 3.63) is 12.7 Å². The number of hydrogen-bond donors (Lipinski definition) is 3. The summed E-state index contributed by atoms with van der Waals surface area (Å²) in [6, 6.07) is 0.439. The second-order valence-electron chi connectivity index (χ2n) is 6.01. The molecular weight excluding hydrogens is 457 g/mol. The lowest BCUT2D eigenvalue weighted by molar-refractivity contribution is -0.149. The van der Waals surface area contributed by atoms with E-state index in [1.165, 1.54) is 21.3 Å². The molecule has 0 aliphatic heterocycles. The Morgan fingerprint density at radius 3 is 2.19 bits per heavy atom. The molecule has 0 aromatic heterocycles. The fourth-order valence-electron chi connectivity index (χ4n) is 2.09. The van der Waals surface area contributed by atoms with E-state index in [4.69, 9.17) is 37.3 Å². The molecule has 0 saturated heterocycles. The van der Waals surface area contributed by atoms with Crippen molar-refractivity contribution in [3.8, 4) is 0 Å². The van der Waals surface area contributed by atoms with Crippen molar-refractivity contribution in [3.63, 3.8) is 0 Å². The van der Waals surface area contributed by atoms with Crippen LogP contribution < -0.4 is 5.32 Å². The zero-order valence-corrected chi connectivity index (χ0v) is 19.6. The number of nitrogens with one attached hydrogen (secondary N) is 1. The monoisotopic (exact) mass is 487 g/mol. The molecule has 1 amide bonds. The second-order valence-corrected chi connectivity index (χ2v) is 10.9. The van der Waals surface area contributed by atoms with E-state index in [1.807, 2.05) is 0 Å². The van der Waals surface area contributed by atoms with Crippen LogP contribution in [0.5, 0.6) is 0 Å². The minimum absolute atomic E-state index is 0.199. The van der Waals surface area contributed by atoms with Crippen LogP contribution in [0.15, 0.2) is 12.7 Å². The molecule has 0 aliphatic rings. The summed E-state index contributed by atoms with van der Waals surface area (Å²) in [6.45, 7) is 2.53. The largest absolute Gasteiger partial charge is 0.500 e. The summed E-state index contributed by atoms with van der Waals surface area (Å²) in [5, 5.41) is 2.48. The van der Waals surface area contributed by atoms with Gasteiger partial charge in [-0.3, -0.25) is 9.36 Å². The van der Waals surface area contributed by atoms with Gasteiger partial charge in [0.05, 0.1) is 12.6 Å². The van der Waals surface area contributed by atoms with Gasteiger partial charge in [0.25, 0.3) is 0 Å². The van der Waals surface area contributed by atoms with Crippen molar-refractivity contribution < 1.29 is 56.2 Å². The van der Waals surface area contributed by atoms with Crippen molar-refractivity contribution in [2.45, 2.75) is 25.0 Å². The van der Waals surface area contributed by atoms with Crippen molar-refractivity contribution in [1.29, 1.82) is 0 Å². The van der Waals surface area contributed by atoms with E-state index < -0.39 is 66.3 Å². The van der Waals surface area contributed by atoms with Crippen LogP contribution in [-0.4, -0.2) is 90.0 Å². The number of amides is 1. The van der Waals surface area contributed by atoms with Gasteiger partial charge in [-0.05, 0) is 6.42 Å². The van der Waals surface area contributed by atoms with Gasteiger partial charge in [0.2, 0.25) is 0 Å². The zero-order valence-electron chi connectivity index (χ0n) is 17.7. The average Bonchev–Trinajstić information content (AvgIpc) is 2.74. The van der Waals surface area contributed by atoms with Gasteiger partial charge in [-0.2, -0.15) is 0 Å². The normalized spacial score (nSPS) is 12.5. The number of carbonyl (C=O) groups excluding carboxylic acids is 3. The average molecular weight is 487 g/mol. The minimum atomic E-state index is -4.36. The molecular formula is C16H30NO12PSi. The highest BCUT2D eigenvalue weighted by Crippen LogP contribution is 2.34. The van der Waals surface area contributed by atoms with Crippen molar-refractivity contribution >= 4 is 34.4 Å². The summed E-state index contributed by atoms with van der Waals surface area (Å²) in [4.78, 5) is 52.3. The SMILES string of the molecule is C=CC(=O)OCC(COC(=O)CCP(=O)(O)O)OC(=O)NCCC[Si](OC)(OC)OC. The van der Waals surface area contributed by atoms with Gasteiger partial charge in [-0.15, -0.1) is 0 Å². The Morgan fingerprint density at radius 1 is 1.10 bits per heavy atom. The molecule has 13 nitrogen and oxygen atoms in total. The molecule has 31 heavy (non-hydrogen) atoms. The molecule has 1 unspecified atom stereocenters. The Bertz CT molecular complexity index is 628. The molecule has 0 aromatic rings. The van der Waals surface area contributed by atoms with Crippen LogP contribution >= 0.6 is 7.60 Å². The lowest BCUT2D eigenvalue weighted by Gasteiger charge is -2.24. The van der Waals surface area contributed by atoms with Crippen molar-refractivity contribution in [2.24, 2.45) is 0 Å². The van der Waals surface area contributed by atoms with E-state index in [0.29, 0.717) is 12.5 Å². The summed E-state index contributed by atoms with van der Waals surface area (Å²) in [6.07, 6.45) is -1.85. The van der Waals surface area contributed by atoms with E-state index in [0.717, 1.165) is 6.08 Å². The van der Waals surface area contributed by atoms with Crippen LogP contribution in [0, 0.1) is 0 Å². The molecule has 0 heterocycles. The molecule has 15 heteroatoms. The molecule has 0 spiro atoms. The summed E-state index contributed by atoms with van der Waals surface area (Å²) < 4.78 is 41.3. The maximum atomic E-state index is 12.0. The lowest BCUT2D eigenvalue weighted by atomic mass is 10.4. The smallest absolute Gasteiger partial charge is 0.462 e. The molecule has 180 valence electrons. The Balaban J connectivity index is 4.58. The first-order valence-corrected chi connectivity index (χ1v) is 12.8. The number of ether oxygens (including phenoxy) is 3. The summed E-state index contributed by atoms with van der Waals surface area (Å²) >= 11 is 0. The van der Waals surface area contributed by atoms with E-state index >= 15 is 0 Å². The van der Waals surface area contributed by atoms with E-state index in [9.17, 15) is 18.9 Å². The highest BCUT2D eigenvalue weighted by atomic mass is 31.2. The number of carbonyl (C=O) groups is 3. The molecule has 0 saturated carbocycles. The van der Waals surface area contributed by atoms with Crippen LogP contribution in [-0.2, 0) is 41.6 Å². The van der Waals surface area contributed by atoms with Crippen LogP contribution in [0.4, 0.5) is 4.79 Å². The third-order valence-corrected chi connectivity index (χ3v) is 7.39. The summed E-state index contributed by atoms with van der Waals surface area (Å²) in [5.41, 5.74) is 0. The summed E-state index contributed by atoms with van der Waals surface area (Å²) in [5.74, 6) is -1.69. The minimum Gasteiger partial charge on any atom is -0.462 e. The van der Waals surface area contributed by atoms with Gasteiger partial charge >= 0.3 is 34.4 Å². The number of rotatable bonds is 16. The first kappa shape index (κ1) is 29.2. The maximum absolute atomic E-state index is 12.0. The van der Waals surface area contributed by atoms with Gasteiger partial charge in [0, 0.05) is 40.0 Å². The number of alkyl carbamates (subject to hydrolysis) is 1. The first-order valence-electron chi connectivity index (χ1n) is 9.10. The predicted molar refractivity (Wildman–Crippen MR) is 108 cm³/mol. The van der Waals surface area contributed by atoms with Crippen LogP contribution in [0.2, 0.25) is 6.04 Å². The Morgan fingerprint density at radius 2 is 1.68 bits per heavy atom. The van der Waals surface area contributed by atoms with E-state index in [1.54, 1.807) is 0 Å². The van der Waals surface area contributed by atoms with Gasteiger partial charge in [-0.25, -0.2) is 9.59 Å². The molecule has 0 aliphatic carbocycles. The maximum Gasteiger partial charge on any atom is 0.500 e. The van der Waals surface area contributed by atoms with E-state index in [-0.39, 0.29) is 6.54 Å². The quantitative estimate of drug-likeness (QED) is 0.0674. The second kappa shape index (κ2) is 15.1. The first-order chi connectivity index (χ1) is 14.5. The molecule has 0 radical (unpaired) electrons. The Kier molecular flexibility index (Phi) is 14.2. The topological polar surface area (TPSA) is 176 Å². The fraction of sp³-hybridized carbons (Fsp3) is 0.688. The van der Waals surface area contributed by atoms with Gasteiger partial charge in [0.15, 0.2) is 6.10 Å². The van der Waals surface area contributed by atoms with Crippen molar-refractivity contribution in [2.75, 3.05) is 47.2 Å². The van der Waals surface area contributed by atoms with Gasteiger partial charge in [-0.1, -0.05) is 6.58 Å². The molecule has 3 N–H and O–H groups in total. The summed E-state index contributed by atoms with van der Waals surface area (Å²) in [7, 11) is -2.72. The number of esters is 2. The molecule has 0 rings (SSSR count). The Hall–Kier alpha value is -1.80. The van der Waals surface area contributed by atoms with Crippen LogP contribution in [0.1, 0.15) is 12.8 Å².